The zero-order valence-electron chi connectivity index (χ0n) is 22.3. The lowest BCUT2D eigenvalue weighted by Crippen LogP contribution is -2.44. The first-order chi connectivity index (χ1) is 19.2. The van der Waals surface area contributed by atoms with Crippen molar-refractivity contribution in [3.63, 3.8) is 0 Å². The molecule has 10 nitrogen and oxygen atoms in total. The number of H-pyrrole nitrogens is 2. The van der Waals surface area contributed by atoms with Crippen molar-refractivity contribution in [1.29, 1.82) is 0 Å². The maximum atomic E-state index is 5.00. The molecule has 10 heteroatoms. The molecule has 1 aliphatic carbocycles. The summed E-state index contributed by atoms with van der Waals surface area (Å²) in [7, 11) is 2.16. The lowest BCUT2D eigenvalue weighted by Gasteiger charge is -2.33. The Labute approximate surface area is 227 Å². The lowest BCUT2D eigenvalue weighted by atomic mass is 10.1. The van der Waals surface area contributed by atoms with Crippen molar-refractivity contribution in [2.24, 2.45) is 5.92 Å². The number of anilines is 1. The van der Waals surface area contributed by atoms with E-state index in [9.17, 15) is 0 Å². The second-order valence-corrected chi connectivity index (χ2v) is 11.0. The molecule has 0 unspecified atom stereocenters. The first kappa shape index (κ1) is 24.2. The highest BCUT2D eigenvalue weighted by molar-refractivity contribution is 5.95. The molecule has 0 bridgehead atoms. The van der Waals surface area contributed by atoms with Crippen LogP contribution in [0.3, 0.4) is 0 Å². The molecule has 0 aromatic carbocycles. The summed E-state index contributed by atoms with van der Waals surface area (Å²) in [5.41, 5.74) is 7.60. The summed E-state index contributed by atoms with van der Waals surface area (Å²) in [5.74, 6) is 1.53. The Bertz CT molecular complexity index is 1590. The average Bonchev–Trinajstić information content (AvgIpc) is 3.73. The quantitative estimate of drug-likeness (QED) is 0.294. The van der Waals surface area contributed by atoms with E-state index < -0.39 is 0 Å². The van der Waals surface area contributed by atoms with Crippen molar-refractivity contribution in [3.8, 4) is 22.6 Å². The Morgan fingerprint density at radius 3 is 2.64 bits per heavy atom. The van der Waals surface area contributed by atoms with Crippen LogP contribution < -0.4 is 10.2 Å². The molecule has 0 atom stereocenters. The van der Waals surface area contributed by atoms with E-state index in [0.29, 0.717) is 5.82 Å². The molecule has 2 aliphatic rings. The first-order valence-corrected chi connectivity index (χ1v) is 14.0. The molecule has 0 radical (unpaired) electrons. The largest absolute Gasteiger partial charge is 0.366 e. The summed E-state index contributed by atoms with van der Waals surface area (Å²) in [4.78, 5) is 26.8. The maximum Gasteiger partial charge on any atom is 0.159 e. The van der Waals surface area contributed by atoms with E-state index in [1.54, 1.807) is 0 Å². The van der Waals surface area contributed by atoms with Gasteiger partial charge in [0.15, 0.2) is 11.5 Å². The fraction of sp³-hybridized carbons (Fsp3) is 0.414. The molecule has 1 saturated heterocycles. The third-order valence-electron chi connectivity index (χ3n) is 8.22. The van der Waals surface area contributed by atoms with Gasteiger partial charge in [-0.05, 0) is 50.0 Å². The molecule has 0 amide bonds. The third kappa shape index (κ3) is 4.86. The molecular weight excluding hydrogens is 488 g/mol. The van der Waals surface area contributed by atoms with E-state index >= 15 is 0 Å². The molecule has 6 heterocycles. The molecule has 200 valence electrons. The Kier molecular flexibility index (Phi) is 6.41. The lowest BCUT2D eigenvalue weighted by molar-refractivity contribution is 0.313. The van der Waals surface area contributed by atoms with Crippen LogP contribution in [-0.2, 0) is 6.54 Å². The standard InChI is InChI=1S/C29H34N10/c1-38-6-8-39(9-7-38)25-18-32-17-24-27(25)35-29(34-24)26-23-11-22(16-33-28(23)37-36-26)21-10-20(14-31-15-21)13-30-12-19-4-2-3-5-19/h10-11,14-19,30H,2-9,12-13H2,1H3,(H,34,35)(H,33,36,37). The van der Waals surface area contributed by atoms with Gasteiger partial charge in [-0.15, -0.1) is 0 Å². The smallest absolute Gasteiger partial charge is 0.159 e. The number of nitrogens with one attached hydrogen (secondary N) is 3. The Hall–Kier alpha value is -3.89. The molecule has 5 aromatic rings. The van der Waals surface area contributed by atoms with E-state index in [1.807, 2.05) is 31.0 Å². The van der Waals surface area contributed by atoms with Gasteiger partial charge in [-0.25, -0.2) is 9.97 Å². The van der Waals surface area contributed by atoms with Gasteiger partial charge in [0.2, 0.25) is 0 Å². The maximum absolute atomic E-state index is 5.00. The van der Waals surface area contributed by atoms with Crippen molar-refractivity contribution >= 4 is 27.8 Å². The number of aromatic amines is 2. The normalized spacial score (nSPS) is 17.1. The minimum atomic E-state index is 0.710. The number of fused-ring (bicyclic) bond motifs is 2. The van der Waals surface area contributed by atoms with E-state index in [2.05, 4.69) is 64.4 Å². The van der Waals surface area contributed by atoms with E-state index in [1.165, 1.54) is 31.2 Å². The molecule has 3 N–H and O–H groups in total. The number of pyridine rings is 3. The van der Waals surface area contributed by atoms with E-state index in [4.69, 9.17) is 4.98 Å². The predicted octanol–water partition coefficient (Wildman–Crippen LogP) is 3.99. The summed E-state index contributed by atoms with van der Waals surface area (Å²) in [6.07, 6.45) is 14.9. The predicted molar refractivity (Wildman–Crippen MR) is 153 cm³/mol. The van der Waals surface area contributed by atoms with E-state index in [0.717, 1.165) is 89.8 Å². The molecule has 1 aliphatic heterocycles. The average molecular weight is 523 g/mol. The fourth-order valence-corrected chi connectivity index (χ4v) is 5.93. The topological polar surface area (TPSA) is 115 Å². The van der Waals surface area contributed by atoms with Crippen molar-refractivity contribution in [2.45, 2.75) is 32.2 Å². The SMILES string of the molecule is CN1CCN(c2cncc3[nH]c(-c4n[nH]c5ncc(-c6cncc(CNCC7CCCC7)c6)cc45)nc23)CC1. The number of aromatic nitrogens is 7. The van der Waals surface area contributed by atoms with Crippen LogP contribution in [0.25, 0.3) is 44.7 Å². The van der Waals surface area contributed by atoms with Crippen molar-refractivity contribution in [1.82, 2.24) is 45.3 Å². The summed E-state index contributed by atoms with van der Waals surface area (Å²) in [5, 5.41) is 12.2. The highest BCUT2D eigenvalue weighted by Gasteiger charge is 2.21. The number of hydrogen-bond acceptors (Lipinski definition) is 8. The molecule has 5 aromatic heterocycles. The number of nitrogens with zero attached hydrogens (tertiary/aromatic N) is 7. The number of rotatable bonds is 7. The van der Waals surface area contributed by atoms with Crippen LogP contribution in [0.1, 0.15) is 31.2 Å². The van der Waals surface area contributed by atoms with Gasteiger partial charge in [-0.1, -0.05) is 12.8 Å². The molecule has 0 spiro atoms. The highest BCUT2D eigenvalue weighted by Crippen LogP contribution is 2.32. The second-order valence-electron chi connectivity index (χ2n) is 11.0. The van der Waals surface area contributed by atoms with Crippen molar-refractivity contribution in [3.05, 3.63) is 48.7 Å². The van der Waals surface area contributed by atoms with Gasteiger partial charge in [-0.3, -0.25) is 15.1 Å². The van der Waals surface area contributed by atoms with Crippen LogP contribution in [0, 0.1) is 5.92 Å². The molecular formula is C29H34N10. The summed E-state index contributed by atoms with van der Waals surface area (Å²) in [6.45, 7) is 5.88. The zero-order chi connectivity index (χ0) is 26.2. The molecule has 1 saturated carbocycles. The molecule has 39 heavy (non-hydrogen) atoms. The highest BCUT2D eigenvalue weighted by atomic mass is 15.3. The van der Waals surface area contributed by atoms with Crippen molar-refractivity contribution < 1.29 is 0 Å². The van der Waals surface area contributed by atoms with Crippen molar-refractivity contribution in [2.75, 3.05) is 44.7 Å². The first-order valence-electron chi connectivity index (χ1n) is 14.0. The third-order valence-corrected chi connectivity index (χ3v) is 8.22. The summed E-state index contributed by atoms with van der Waals surface area (Å²) in [6, 6.07) is 4.33. The van der Waals surface area contributed by atoms with Gasteiger partial charge in [-0.2, -0.15) is 5.10 Å². The van der Waals surface area contributed by atoms with Gasteiger partial charge >= 0.3 is 0 Å². The Morgan fingerprint density at radius 1 is 0.949 bits per heavy atom. The number of likely N-dealkylation sites (N-methyl/N-ethyl adjacent to an activating group) is 1. The number of hydrogen-bond donors (Lipinski definition) is 3. The molecule has 7 rings (SSSR count). The van der Waals surface area contributed by atoms with Gasteiger partial charge in [0.1, 0.15) is 11.2 Å². The Morgan fingerprint density at radius 2 is 1.77 bits per heavy atom. The van der Waals surface area contributed by atoms with Crippen LogP contribution in [0.2, 0.25) is 0 Å². The monoisotopic (exact) mass is 522 g/mol. The summed E-state index contributed by atoms with van der Waals surface area (Å²) >= 11 is 0. The van der Waals surface area contributed by atoms with E-state index in [-0.39, 0.29) is 0 Å². The fourth-order valence-electron chi connectivity index (χ4n) is 5.93. The Balaban J connectivity index is 1.17. The van der Waals surface area contributed by atoms with Crippen LogP contribution in [0.15, 0.2) is 43.1 Å². The van der Waals surface area contributed by atoms with Gasteiger partial charge in [0, 0.05) is 62.4 Å². The van der Waals surface area contributed by atoms with Crippen LogP contribution in [-0.4, -0.2) is 79.8 Å². The van der Waals surface area contributed by atoms with Gasteiger partial charge < -0.3 is 20.1 Å². The zero-order valence-corrected chi connectivity index (χ0v) is 22.3. The summed E-state index contributed by atoms with van der Waals surface area (Å²) < 4.78 is 0. The van der Waals surface area contributed by atoms with Crippen LogP contribution in [0.5, 0.6) is 0 Å². The van der Waals surface area contributed by atoms with Gasteiger partial charge in [0.05, 0.1) is 29.0 Å². The number of piperazine rings is 1. The van der Waals surface area contributed by atoms with Crippen LogP contribution >= 0.6 is 0 Å². The minimum absolute atomic E-state index is 0.710. The van der Waals surface area contributed by atoms with Crippen LogP contribution in [0.4, 0.5) is 5.69 Å². The minimum Gasteiger partial charge on any atom is -0.366 e. The second kappa shape index (κ2) is 10.3. The van der Waals surface area contributed by atoms with Gasteiger partial charge in [0.25, 0.3) is 0 Å². The number of imidazole rings is 1. The molecule has 2 fully saturated rings.